The van der Waals surface area contributed by atoms with Crippen molar-refractivity contribution in [2.75, 3.05) is 19.7 Å². The molecule has 0 bridgehead atoms. The van der Waals surface area contributed by atoms with Gasteiger partial charge in [-0.25, -0.2) is 8.42 Å². The van der Waals surface area contributed by atoms with Crippen LogP contribution in [0.3, 0.4) is 0 Å². The van der Waals surface area contributed by atoms with Crippen LogP contribution in [-0.4, -0.2) is 42.9 Å². The normalized spacial score (nSPS) is 18.5. The van der Waals surface area contributed by atoms with Crippen LogP contribution in [0.15, 0.2) is 39.5 Å². The predicted octanol–water partition coefficient (Wildman–Crippen LogP) is 3.88. The van der Waals surface area contributed by atoms with Gasteiger partial charge in [-0.1, -0.05) is 22.9 Å². The molecule has 0 spiro atoms. The van der Waals surface area contributed by atoms with Crippen LogP contribution in [0, 0.1) is 5.92 Å². The van der Waals surface area contributed by atoms with Crippen LogP contribution in [0.5, 0.6) is 5.75 Å². The van der Waals surface area contributed by atoms with Crippen molar-refractivity contribution in [3.05, 3.63) is 39.5 Å². The molecule has 11 heteroatoms. The second-order valence-corrected chi connectivity index (χ2v) is 12.1. The Morgan fingerprint density at radius 3 is 2.81 bits per heavy atom. The van der Waals surface area contributed by atoms with Crippen LogP contribution in [0.4, 0.5) is 0 Å². The number of aromatic nitrogens is 1. The first-order chi connectivity index (χ1) is 14.8. The van der Waals surface area contributed by atoms with E-state index >= 15 is 0 Å². The first kappa shape index (κ1) is 22.5. The quantitative estimate of drug-likeness (QED) is 0.533. The Kier molecular flexibility index (Phi) is 6.55. The monoisotopic (exact) mass is 499 g/mol. The SMILES string of the molecule is CCOc1ccc2c(c1)sc(=NC(=O)C1CCCN(S(=O)(=O)c3ccc(Cl)s3)C1)n2C. The van der Waals surface area contributed by atoms with Gasteiger partial charge in [-0.15, -0.1) is 11.3 Å². The lowest BCUT2D eigenvalue weighted by molar-refractivity contribution is -0.122. The summed E-state index contributed by atoms with van der Waals surface area (Å²) in [5, 5.41) is 0. The summed E-state index contributed by atoms with van der Waals surface area (Å²) in [4.78, 5) is 17.9. The topological polar surface area (TPSA) is 81.0 Å². The van der Waals surface area contributed by atoms with Gasteiger partial charge in [-0.3, -0.25) is 4.79 Å². The van der Waals surface area contributed by atoms with E-state index in [-0.39, 0.29) is 16.7 Å². The van der Waals surface area contributed by atoms with Gasteiger partial charge in [0, 0.05) is 20.1 Å². The van der Waals surface area contributed by atoms with Gasteiger partial charge in [0.15, 0.2) is 4.80 Å². The van der Waals surface area contributed by atoms with Gasteiger partial charge in [0.05, 0.1) is 27.1 Å². The molecule has 1 saturated heterocycles. The van der Waals surface area contributed by atoms with E-state index in [9.17, 15) is 13.2 Å². The number of amides is 1. The Morgan fingerprint density at radius 2 is 2.10 bits per heavy atom. The molecule has 0 saturated carbocycles. The number of benzene rings is 1. The van der Waals surface area contributed by atoms with E-state index < -0.39 is 15.9 Å². The standard InChI is InChI=1S/C20H22ClN3O4S3/c1-3-28-14-6-7-15-16(11-14)29-20(23(15)2)22-19(25)13-5-4-10-24(12-13)31(26,27)18-9-8-17(21)30-18/h6-9,11,13H,3-5,10,12H2,1-2H3. The van der Waals surface area contributed by atoms with E-state index in [1.165, 1.54) is 21.7 Å². The summed E-state index contributed by atoms with van der Waals surface area (Å²) in [5.41, 5.74) is 0.961. The van der Waals surface area contributed by atoms with E-state index in [1.54, 1.807) is 6.07 Å². The minimum atomic E-state index is -3.66. The molecule has 1 aliphatic heterocycles. The molecule has 166 valence electrons. The fraction of sp³-hybridized carbons (Fsp3) is 0.400. The van der Waals surface area contributed by atoms with Crippen LogP contribution in [0.2, 0.25) is 4.34 Å². The van der Waals surface area contributed by atoms with Crippen LogP contribution < -0.4 is 9.54 Å². The second-order valence-electron chi connectivity index (χ2n) is 7.22. The van der Waals surface area contributed by atoms with Crippen molar-refractivity contribution in [1.29, 1.82) is 0 Å². The summed E-state index contributed by atoms with van der Waals surface area (Å²) >= 11 is 8.35. The van der Waals surface area contributed by atoms with Crippen LogP contribution in [0.25, 0.3) is 10.2 Å². The molecule has 0 radical (unpaired) electrons. The summed E-state index contributed by atoms with van der Waals surface area (Å²) in [7, 11) is -1.80. The number of aryl methyl sites for hydroxylation is 1. The average Bonchev–Trinajstić information content (AvgIpc) is 3.32. The number of carbonyl (C=O) groups excluding carboxylic acids is 1. The summed E-state index contributed by atoms with van der Waals surface area (Å²) in [6.45, 7) is 3.03. The molecule has 1 atom stereocenters. The zero-order valence-electron chi connectivity index (χ0n) is 17.1. The van der Waals surface area contributed by atoms with Gasteiger partial charge in [0.2, 0.25) is 0 Å². The Labute approximate surface area is 193 Å². The number of halogens is 1. The molecule has 3 heterocycles. The van der Waals surface area contributed by atoms with Gasteiger partial charge in [-0.05, 0) is 50.1 Å². The van der Waals surface area contributed by atoms with Crippen molar-refractivity contribution in [3.63, 3.8) is 0 Å². The van der Waals surface area contributed by atoms with Gasteiger partial charge in [-0.2, -0.15) is 9.30 Å². The molecule has 31 heavy (non-hydrogen) atoms. The highest BCUT2D eigenvalue weighted by molar-refractivity contribution is 7.91. The number of nitrogens with zero attached hydrogens (tertiary/aromatic N) is 3. The largest absolute Gasteiger partial charge is 0.494 e. The number of piperidine rings is 1. The van der Waals surface area contributed by atoms with E-state index in [0.29, 0.717) is 35.1 Å². The van der Waals surface area contributed by atoms with Crippen molar-refractivity contribution in [3.8, 4) is 5.75 Å². The molecule has 7 nitrogen and oxygen atoms in total. The highest BCUT2D eigenvalue weighted by atomic mass is 35.5. The minimum absolute atomic E-state index is 0.128. The highest BCUT2D eigenvalue weighted by Crippen LogP contribution is 2.31. The predicted molar refractivity (Wildman–Crippen MR) is 123 cm³/mol. The molecule has 3 aromatic rings. The first-order valence-electron chi connectivity index (χ1n) is 9.86. The molecule has 2 aromatic heterocycles. The average molecular weight is 500 g/mol. The summed E-state index contributed by atoms with van der Waals surface area (Å²) in [6, 6.07) is 8.85. The number of carbonyl (C=O) groups is 1. The minimum Gasteiger partial charge on any atom is -0.494 e. The molecule has 1 amide bonds. The third kappa shape index (κ3) is 4.58. The lowest BCUT2D eigenvalue weighted by Crippen LogP contribution is -2.42. The zero-order chi connectivity index (χ0) is 22.2. The molecular formula is C20H22ClN3O4S3. The molecule has 1 aliphatic rings. The maximum atomic E-state index is 12.9. The zero-order valence-corrected chi connectivity index (χ0v) is 20.3. The number of rotatable bonds is 5. The number of sulfonamides is 1. The number of hydrogen-bond donors (Lipinski definition) is 0. The fourth-order valence-electron chi connectivity index (χ4n) is 3.59. The highest BCUT2D eigenvalue weighted by Gasteiger charge is 2.34. The third-order valence-electron chi connectivity index (χ3n) is 5.17. The molecule has 0 aliphatic carbocycles. The number of thiazole rings is 1. The first-order valence-corrected chi connectivity index (χ1v) is 13.3. The Hall–Kier alpha value is -1.72. The lowest BCUT2D eigenvalue weighted by Gasteiger charge is -2.29. The molecule has 1 unspecified atom stereocenters. The Morgan fingerprint density at radius 1 is 1.29 bits per heavy atom. The van der Waals surface area contributed by atoms with Crippen molar-refractivity contribution >= 4 is 60.4 Å². The van der Waals surface area contributed by atoms with Crippen molar-refractivity contribution in [1.82, 2.24) is 8.87 Å². The fourth-order valence-corrected chi connectivity index (χ4v) is 7.80. The summed E-state index contributed by atoms with van der Waals surface area (Å²) in [5.74, 6) is 0.0102. The van der Waals surface area contributed by atoms with Gasteiger partial charge >= 0.3 is 0 Å². The smallest absolute Gasteiger partial charge is 0.252 e. The van der Waals surface area contributed by atoms with Gasteiger partial charge < -0.3 is 9.30 Å². The summed E-state index contributed by atoms with van der Waals surface area (Å²) in [6.07, 6.45) is 1.23. The second kappa shape index (κ2) is 9.03. The molecule has 1 fully saturated rings. The number of ether oxygens (including phenoxy) is 1. The number of hydrogen-bond acceptors (Lipinski definition) is 6. The Bertz CT molecular complexity index is 1290. The van der Waals surface area contributed by atoms with Gasteiger partial charge in [0.25, 0.3) is 15.9 Å². The maximum absolute atomic E-state index is 12.9. The van der Waals surface area contributed by atoms with Crippen LogP contribution >= 0.6 is 34.3 Å². The molecule has 1 aromatic carbocycles. The van der Waals surface area contributed by atoms with E-state index in [0.717, 1.165) is 27.3 Å². The lowest BCUT2D eigenvalue weighted by atomic mass is 9.99. The van der Waals surface area contributed by atoms with E-state index in [2.05, 4.69) is 4.99 Å². The van der Waals surface area contributed by atoms with Crippen LogP contribution in [0.1, 0.15) is 19.8 Å². The van der Waals surface area contributed by atoms with Gasteiger partial charge in [0.1, 0.15) is 9.96 Å². The van der Waals surface area contributed by atoms with Crippen molar-refractivity contribution in [2.24, 2.45) is 18.0 Å². The Balaban J connectivity index is 1.58. The number of thiophene rings is 1. The maximum Gasteiger partial charge on any atom is 0.252 e. The third-order valence-corrected chi connectivity index (χ3v) is 9.83. The van der Waals surface area contributed by atoms with E-state index in [1.807, 2.05) is 36.7 Å². The van der Waals surface area contributed by atoms with Crippen molar-refractivity contribution in [2.45, 2.75) is 24.0 Å². The molecule has 4 rings (SSSR count). The molecular weight excluding hydrogens is 478 g/mol. The molecule has 0 N–H and O–H groups in total. The summed E-state index contributed by atoms with van der Waals surface area (Å²) < 4.78 is 36.2. The van der Waals surface area contributed by atoms with Crippen molar-refractivity contribution < 1.29 is 17.9 Å². The van der Waals surface area contributed by atoms with Crippen LogP contribution in [-0.2, 0) is 21.9 Å². The van der Waals surface area contributed by atoms with E-state index in [4.69, 9.17) is 16.3 Å². The number of fused-ring (bicyclic) bond motifs is 1.